The van der Waals surface area contributed by atoms with E-state index in [1.807, 2.05) is 44.4 Å². The van der Waals surface area contributed by atoms with Gasteiger partial charge in [0.15, 0.2) is 0 Å². The molecule has 2 aromatic rings. The second-order valence-electron chi connectivity index (χ2n) is 6.03. The van der Waals surface area contributed by atoms with Crippen LogP contribution in [-0.2, 0) is 11.3 Å². The highest BCUT2D eigenvalue weighted by molar-refractivity contribution is 5.83. The number of hydrogen-bond acceptors (Lipinski definition) is 2. The minimum atomic E-state index is -0.0674. The van der Waals surface area contributed by atoms with E-state index in [0.29, 0.717) is 6.54 Å². The molecule has 2 aromatic carbocycles. The van der Waals surface area contributed by atoms with Crippen LogP contribution < -0.4 is 10.2 Å². The molecule has 23 heavy (non-hydrogen) atoms. The van der Waals surface area contributed by atoms with Crippen molar-refractivity contribution in [2.75, 3.05) is 19.0 Å². The Balaban J connectivity index is 1.99. The van der Waals surface area contributed by atoms with Gasteiger partial charge in [-0.15, -0.1) is 0 Å². The first-order chi connectivity index (χ1) is 11.1. The van der Waals surface area contributed by atoms with Crippen molar-refractivity contribution in [1.82, 2.24) is 5.32 Å². The highest BCUT2D eigenvalue weighted by Crippen LogP contribution is 2.21. The van der Waals surface area contributed by atoms with E-state index in [1.54, 1.807) is 0 Å². The number of anilines is 1. The van der Waals surface area contributed by atoms with Crippen molar-refractivity contribution in [2.45, 2.75) is 32.2 Å². The first-order valence-corrected chi connectivity index (χ1v) is 8.20. The topological polar surface area (TPSA) is 32.3 Å². The molecule has 122 valence electrons. The lowest BCUT2D eigenvalue weighted by molar-refractivity contribution is -0.122. The Morgan fingerprint density at radius 1 is 1.04 bits per heavy atom. The average molecular weight is 310 g/mol. The van der Waals surface area contributed by atoms with Crippen LogP contribution in [0.15, 0.2) is 54.6 Å². The van der Waals surface area contributed by atoms with Crippen LogP contribution in [0.25, 0.3) is 0 Å². The zero-order chi connectivity index (χ0) is 16.7. The summed E-state index contributed by atoms with van der Waals surface area (Å²) < 4.78 is 0. The van der Waals surface area contributed by atoms with Crippen molar-refractivity contribution in [3.05, 3.63) is 65.7 Å². The molecule has 1 amide bonds. The number of nitrogens with zero attached hydrogens (tertiary/aromatic N) is 1. The number of amides is 1. The van der Waals surface area contributed by atoms with E-state index in [1.165, 1.54) is 0 Å². The van der Waals surface area contributed by atoms with E-state index in [2.05, 4.69) is 41.4 Å². The Bertz CT molecular complexity index is 605. The van der Waals surface area contributed by atoms with Gasteiger partial charge in [0.2, 0.25) is 5.91 Å². The second kappa shape index (κ2) is 8.37. The van der Waals surface area contributed by atoms with Crippen LogP contribution in [0.5, 0.6) is 0 Å². The quantitative estimate of drug-likeness (QED) is 0.840. The van der Waals surface area contributed by atoms with Gasteiger partial charge in [-0.25, -0.2) is 0 Å². The maximum atomic E-state index is 12.6. The molecule has 0 radical (unpaired) electrons. The normalized spacial score (nSPS) is 11.8. The first-order valence-electron chi connectivity index (χ1n) is 8.20. The molecule has 0 saturated carbocycles. The molecular formula is C20H26N2O. The maximum absolute atomic E-state index is 12.6. The lowest BCUT2D eigenvalue weighted by Crippen LogP contribution is -2.29. The van der Waals surface area contributed by atoms with Gasteiger partial charge in [-0.2, -0.15) is 0 Å². The fourth-order valence-electron chi connectivity index (χ4n) is 2.65. The number of benzene rings is 2. The SMILES string of the molecule is CCC[C@@H](C(=O)NCc1ccc(N(C)C)cc1)c1ccccc1. The minimum Gasteiger partial charge on any atom is -0.378 e. The fraction of sp³-hybridized carbons (Fsp3) is 0.350. The molecule has 0 saturated heterocycles. The van der Waals surface area contributed by atoms with E-state index in [0.717, 1.165) is 29.7 Å². The van der Waals surface area contributed by atoms with Gasteiger partial charge in [0.1, 0.15) is 0 Å². The van der Waals surface area contributed by atoms with Crippen molar-refractivity contribution in [3.63, 3.8) is 0 Å². The molecule has 0 fully saturated rings. The Hall–Kier alpha value is -2.29. The molecule has 0 aliphatic carbocycles. The first kappa shape index (κ1) is 17.1. The van der Waals surface area contributed by atoms with Crippen LogP contribution in [0.3, 0.4) is 0 Å². The van der Waals surface area contributed by atoms with Crippen LogP contribution >= 0.6 is 0 Å². The van der Waals surface area contributed by atoms with Gasteiger partial charge >= 0.3 is 0 Å². The predicted molar refractivity (Wildman–Crippen MR) is 96.7 cm³/mol. The van der Waals surface area contributed by atoms with Gasteiger partial charge in [0.05, 0.1) is 5.92 Å². The molecule has 0 aliphatic heterocycles. The zero-order valence-corrected chi connectivity index (χ0v) is 14.3. The van der Waals surface area contributed by atoms with Crippen LogP contribution in [0, 0.1) is 0 Å². The minimum absolute atomic E-state index is 0.0674. The fourth-order valence-corrected chi connectivity index (χ4v) is 2.65. The van der Waals surface area contributed by atoms with E-state index < -0.39 is 0 Å². The molecule has 1 atom stereocenters. The standard InChI is InChI=1S/C20H26N2O/c1-4-8-19(17-9-6-5-7-10-17)20(23)21-15-16-11-13-18(14-12-16)22(2)3/h5-7,9-14,19H,4,8,15H2,1-3H3,(H,21,23)/t19-/m1/s1. The molecule has 0 aromatic heterocycles. The molecule has 1 N–H and O–H groups in total. The summed E-state index contributed by atoms with van der Waals surface area (Å²) in [4.78, 5) is 14.6. The van der Waals surface area contributed by atoms with Gasteiger partial charge in [0, 0.05) is 26.3 Å². The smallest absolute Gasteiger partial charge is 0.227 e. The predicted octanol–water partition coefficient (Wildman–Crippen LogP) is 3.95. The summed E-state index contributed by atoms with van der Waals surface area (Å²) in [5.74, 6) is 0.0389. The number of carbonyl (C=O) groups is 1. The van der Waals surface area contributed by atoms with Gasteiger partial charge in [-0.1, -0.05) is 55.8 Å². The van der Waals surface area contributed by atoms with Gasteiger partial charge in [-0.05, 0) is 29.7 Å². The lowest BCUT2D eigenvalue weighted by atomic mass is 9.93. The molecule has 0 heterocycles. The largest absolute Gasteiger partial charge is 0.378 e. The zero-order valence-electron chi connectivity index (χ0n) is 14.3. The third kappa shape index (κ3) is 4.85. The number of nitrogens with one attached hydrogen (secondary N) is 1. The van der Waals surface area contributed by atoms with E-state index >= 15 is 0 Å². The summed E-state index contributed by atoms with van der Waals surface area (Å²) in [6, 6.07) is 18.3. The number of carbonyl (C=O) groups excluding carboxylic acids is 1. The molecule has 0 spiro atoms. The van der Waals surface area contributed by atoms with Crippen LogP contribution in [0.1, 0.15) is 36.8 Å². The summed E-state index contributed by atoms with van der Waals surface area (Å²) >= 11 is 0. The van der Waals surface area contributed by atoms with Crippen molar-refractivity contribution in [2.24, 2.45) is 0 Å². The summed E-state index contributed by atoms with van der Waals surface area (Å²) in [6.45, 7) is 2.68. The van der Waals surface area contributed by atoms with Crippen molar-refractivity contribution >= 4 is 11.6 Å². The Morgan fingerprint density at radius 3 is 2.26 bits per heavy atom. The Morgan fingerprint density at radius 2 is 1.70 bits per heavy atom. The highest BCUT2D eigenvalue weighted by Gasteiger charge is 2.19. The van der Waals surface area contributed by atoms with Crippen molar-refractivity contribution in [3.8, 4) is 0 Å². The summed E-state index contributed by atoms with van der Waals surface area (Å²) in [5.41, 5.74) is 3.37. The third-order valence-corrected chi connectivity index (χ3v) is 4.02. The lowest BCUT2D eigenvalue weighted by Gasteiger charge is -2.17. The number of rotatable bonds is 7. The summed E-state index contributed by atoms with van der Waals surface area (Å²) in [6.07, 6.45) is 1.86. The summed E-state index contributed by atoms with van der Waals surface area (Å²) in [7, 11) is 4.04. The van der Waals surface area contributed by atoms with Crippen molar-refractivity contribution in [1.29, 1.82) is 0 Å². The molecule has 0 bridgehead atoms. The van der Waals surface area contributed by atoms with Crippen LogP contribution in [-0.4, -0.2) is 20.0 Å². The third-order valence-electron chi connectivity index (χ3n) is 4.02. The highest BCUT2D eigenvalue weighted by atomic mass is 16.1. The van der Waals surface area contributed by atoms with Gasteiger partial charge in [0.25, 0.3) is 0 Å². The van der Waals surface area contributed by atoms with Crippen molar-refractivity contribution < 1.29 is 4.79 Å². The van der Waals surface area contributed by atoms with Crippen LogP contribution in [0.2, 0.25) is 0 Å². The maximum Gasteiger partial charge on any atom is 0.227 e. The second-order valence-corrected chi connectivity index (χ2v) is 6.03. The van der Waals surface area contributed by atoms with Gasteiger partial charge < -0.3 is 10.2 Å². The van der Waals surface area contributed by atoms with E-state index in [4.69, 9.17) is 0 Å². The van der Waals surface area contributed by atoms with E-state index in [9.17, 15) is 4.79 Å². The Kier molecular flexibility index (Phi) is 6.21. The van der Waals surface area contributed by atoms with Crippen LogP contribution in [0.4, 0.5) is 5.69 Å². The molecule has 0 unspecified atom stereocenters. The Labute approximate surface area is 139 Å². The average Bonchev–Trinajstić information content (AvgIpc) is 2.58. The molecular weight excluding hydrogens is 284 g/mol. The molecule has 2 rings (SSSR count). The monoisotopic (exact) mass is 310 g/mol. The number of hydrogen-bond donors (Lipinski definition) is 1. The molecule has 0 aliphatic rings. The van der Waals surface area contributed by atoms with Gasteiger partial charge in [-0.3, -0.25) is 4.79 Å². The molecule has 3 nitrogen and oxygen atoms in total. The molecule has 3 heteroatoms. The summed E-state index contributed by atoms with van der Waals surface area (Å²) in [5, 5.41) is 3.08. The van der Waals surface area contributed by atoms with E-state index in [-0.39, 0.29) is 11.8 Å².